The molecule has 0 aromatic heterocycles. The average Bonchev–Trinajstić information content (AvgIpc) is 1.91. The molecule has 0 radical (unpaired) electrons. The minimum atomic E-state index is 0. The third-order valence-corrected chi connectivity index (χ3v) is 2.01. The van der Waals surface area contributed by atoms with Crippen LogP contribution in [0.15, 0.2) is 0 Å². The van der Waals surface area contributed by atoms with E-state index in [9.17, 15) is 0 Å². The van der Waals surface area contributed by atoms with Gasteiger partial charge >= 0.3 is 0 Å². The van der Waals surface area contributed by atoms with Gasteiger partial charge in [-0.2, -0.15) is 0 Å². The van der Waals surface area contributed by atoms with Gasteiger partial charge in [0.05, 0.1) is 0 Å². The third kappa shape index (κ3) is 2.49. The fraction of sp³-hybridized carbons (Fsp3) is 1.00. The van der Waals surface area contributed by atoms with Crippen LogP contribution in [0.5, 0.6) is 0 Å². The number of nitrogens with zero attached hydrogens (tertiary/aromatic N) is 1. The predicted octanol–water partition coefficient (Wildman–Crippen LogP) is 2.57. The van der Waals surface area contributed by atoms with Gasteiger partial charge in [0.15, 0.2) is 0 Å². The van der Waals surface area contributed by atoms with Crippen LogP contribution in [0.1, 0.15) is 32.6 Å². The van der Waals surface area contributed by atoms with Gasteiger partial charge in [0.25, 0.3) is 0 Å². The number of rotatable bonds is 2. The molecule has 0 aromatic carbocycles. The molecule has 0 amide bonds. The molecule has 1 aliphatic rings. The summed E-state index contributed by atoms with van der Waals surface area (Å²) in [7, 11) is 0. The normalized spacial score (nSPS) is 25.5. The van der Waals surface area contributed by atoms with Gasteiger partial charge in [-0.15, -0.1) is 13.1 Å². The number of hydrogen-bond donors (Lipinski definition) is 0. The summed E-state index contributed by atoms with van der Waals surface area (Å²) < 4.78 is 0. The van der Waals surface area contributed by atoms with E-state index in [0.717, 1.165) is 19.0 Å². The molecule has 0 aliphatic carbocycles. The van der Waals surface area contributed by atoms with E-state index in [1.165, 1.54) is 25.7 Å². The van der Waals surface area contributed by atoms with Crippen molar-refractivity contribution in [2.45, 2.75) is 32.6 Å². The summed E-state index contributed by atoms with van der Waals surface area (Å²) in [6.07, 6.45) is 5.49. The molecule has 1 saturated heterocycles. The van der Waals surface area contributed by atoms with E-state index in [4.69, 9.17) is 0 Å². The van der Waals surface area contributed by atoms with Crippen molar-refractivity contribution < 1.29 is 0 Å². The molecule has 1 nitrogen and oxygen atoms in total. The predicted molar refractivity (Wildman–Crippen MR) is 40.7 cm³/mol. The van der Waals surface area contributed by atoms with E-state index >= 15 is 0 Å². The summed E-state index contributed by atoms with van der Waals surface area (Å²) in [4.78, 5) is 0. The Morgan fingerprint density at radius 2 is 2.30 bits per heavy atom. The first-order valence-corrected chi connectivity index (χ1v) is 4.06. The van der Waals surface area contributed by atoms with Crippen LogP contribution in [-0.2, 0) is 0 Å². The Labute approximate surface area is 57.8 Å². The summed E-state index contributed by atoms with van der Waals surface area (Å²) in [6.45, 7) is 4.53. The smallest absolute Gasteiger partial charge is 0 e. The standard InChI is InChI=1S/C8H16N.Rf/c1-2-4-8-5-3-6-9-7-8;/h8H,2-7H2,1H3;/q-1;. The Morgan fingerprint density at radius 1 is 1.50 bits per heavy atom. The Morgan fingerprint density at radius 3 is 2.80 bits per heavy atom. The maximum Gasteiger partial charge on any atom is 0 e. The van der Waals surface area contributed by atoms with Crippen molar-refractivity contribution in [3.05, 3.63) is 5.32 Å². The molecule has 1 atom stereocenters. The van der Waals surface area contributed by atoms with Crippen LogP contribution in [0, 0.1) is 5.92 Å². The summed E-state index contributed by atoms with van der Waals surface area (Å²) >= 11 is 0. The second-order valence-electron chi connectivity index (χ2n) is 2.93. The molecule has 1 unspecified atom stereocenters. The minimum absolute atomic E-state index is 0. The van der Waals surface area contributed by atoms with E-state index in [0.29, 0.717) is 0 Å². The topological polar surface area (TPSA) is 14.1 Å². The number of hydrogen-bond acceptors (Lipinski definition) is 0. The van der Waals surface area contributed by atoms with Gasteiger partial charge in [0.1, 0.15) is 0 Å². The Bertz CT molecular complexity index is 66.9. The maximum absolute atomic E-state index is 4.38. The van der Waals surface area contributed by atoms with Crippen molar-refractivity contribution in [1.29, 1.82) is 0 Å². The number of piperidine rings is 1. The van der Waals surface area contributed by atoms with Gasteiger partial charge in [-0.25, -0.2) is 0 Å². The maximum atomic E-state index is 4.38. The van der Waals surface area contributed by atoms with Gasteiger partial charge in [-0.1, -0.05) is 38.5 Å². The molecule has 0 saturated carbocycles. The van der Waals surface area contributed by atoms with Crippen molar-refractivity contribution >= 4 is 0 Å². The van der Waals surface area contributed by atoms with E-state index in [-0.39, 0.29) is 0 Å². The molecule has 10 heavy (non-hydrogen) atoms. The summed E-state index contributed by atoms with van der Waals surface area (Å²) in [5, 5.41) is 4.38. The van der Waals surface area contributed by atoms with Crippen LogP contribution in [0.2, 0.25) is 0 Å². The van der Waals surface area contributed by atoms with E-state index in [1.54, 1.807) is 0 Å². The summed E-state index contributed by atoms with van der Waals surface area (Å²) in [5.41, 5.74) is 0. The molecule has 2 heteroatoms. The molecule has 1 rings (SSSR count). The van der Waals surface area contributed by atoms with Crippen LogP contribution in [0.3, 0.4) is 0 Å². The zero-order valence-electron chi connectivity index (χ0n) is 6.97. The van der Waals surface area contributed by atoms with Crippen molar-refractivity contribution in [1.82, 2.24) is 0 Å². The quantitative estimate of drug-likeness (QED) is 0.685. The molecular weight excluding hydrogens is 377 g/mol. The van der Waals surface area contributed by atoms with Crippen LogP contribution < -0.4 is 0 Å². The van der Waals surface area contributed by atoms with Gasteiger partial charge in [-0.05, 0) is 0 Å². The fourth-order valence-corrected chi connectivity index (χ4v) is 1.50. The first-order chi connectivity index (χ1) is 4.43. The Balaban J connectivity index is 0.000000810. The Kier molecular flexibility index (Phi) is 4.30. The molecule has 1 heterocycles. The zero-order valence-corrected chi connectivity index (χ0v) is 13.4. The van der Waals surface area contributed by atoms with Crippen LogP contribution in [0.4, 0.5) is 0 Å². The molecule has 0 N–H and O–H groups in total. The average molecular weight is 393 g/mol. The Hall–Kier alpha value is -1.04. The zero-order chi connectivity index (χ0) is 6.53. The van der Waals surface area contributed by atoms with Crippen molar-refractivity contribution in [3.8, 4) is 0 Å². The van der Waals surface area contributed by atoms with E-state index < -0.39 is 0 Å². The van der Waals surface area contributed by atoms with Gasteiger partial charge in [0, 0.05) is 0 Å². The van der Waals surface area contributed by atoms with Crippen LogP contribution in [0.25, 0.3) is 5.32 Å². The second kappa shape index (κ2) is 4.80. The first kappa shape index (κ1) is 8.96. The summed E-state index contributed by atoms with van der Waals surface area (Å²) in [5.74, 6) is 0.934. The van der Waals surface area contributed by atoms with Gasteiger partial charge in [0.2, 0.25) is 0 Å². The molecule has 1 fully saturated rings. The third-order valence-electron chi connectivity index (χ3n) is 2.01. The fourth-order valence-electron chi connectivity index (χ4n) is 1.50. The van der Waals surface area contributed by atoms with Crippen LogP contribution >= 0.6 is 0 Å². The van der Waals surface area contributed by atoms with Crippen LogP contribution in [-0.4, -0.2) is 13.1 Å². The molecule has 0 aromatic rings. The largest absolute Gasteiger partial charge is 0.662 e. The molecule has 0 spiro atoms. The molecule has 1 aliphatic heterocycles. The van der Waals surface area contributed by atoms with Crippen molar-refractivity contribution in [2.24, 2.45) is 5.92 Å². The summed E-state index contributed by atoms with van der Waals surface area (Å²) in [6, 6.07) is 0. The molecule has 0 bridgehead atoms. The molecule has 56 valence electrons. The van der Waals surface area contributed by atoms with Crippen molar-refractivity contribution in [2.75, 3.05) is 13.1 Å². The van der Waals surface area contributed by atoms with Gasteiger partial charge in [-0.3, -0.25) is 0 Å². The molecular formula is C8H16NRf-. The van der Waals surface area contributed by atoms with E-state index in [2.05, 4.69) is 12.2 Å². The van der Waals surface area contributed by atoms with E-state index in [1.807, 2.05) is 0 Å². The first-order valence-electron chi connectivity index (χ1n) is 4.06. The van der Waals surface area contributed by atoms with Gasteiger partial charge < -0.3 is 5.32 Å². The second-order valence-corrected chi connectivity index (χ2v) is 2.93. The minimum Gasteiger partial charge on any atom is -0.662 e. The SMILES string of the molecule is CCCC1CCC[N-]C1.[Rf]. The monoisotopic (exact) mass is 393 g/mol. The van der Waals surface area contributed by atoms with Crippen molar-refractivity contribution in [3.63, 3.8) is 0 Å².